The van der Waals surface area contributed by atoms with Gasteiger partial charge in [-0.05, 0) is 19.1 Å². The summed E-state index contributed by atoms with van der Waals surface area (Å²) in [4.78, 5) is 12.2. The fourth-order valence-electron chi connectivity index (χ4n) is 1.43. The van der Waals surface area contributed by atoms with Gasteiger partial charge in [0, 0.05) is 31.3 Å². The molecule has 0 aromatic heterocycles. The van der Waals surface area contributed by atoms with Crippen LogP contribution in [0.4, 0.5) is 11.4 Å². The Morgan fingerprint density at radius 2 is 2.24 bits per heavy atom. The Kier molecular flexibility index (Phi) is 5.18. The zero-order valence-corrected chi connectivity index (χ0v) is 10.6. The minimum Gasteiger partial charge on any atom is -0.380 e. The van der Waals surface area contributed by atoms with Crippen LogP contribution in [0.5, 0.6) is 0 Å². The van der Waals surface area contributed by atoms with E-state index in [1.54, 1.807) is 24.1 Å². The van der Waals surface area contributed by atoms with Crippen molar-refractivity contribution < 1.29 is 9.66 Å². The van der Waals surface area contributed by atoms with Gasteiger partial charge in [-0.1, -0.05) is 11.6 Å². The monoisotopic (exact) mass is 258 g/mol. The van der Waals surface area contributed by atoms with Crippen LogP contribution in [0.25, 0.3) is 0 Å². The first kappa shape index (κ1) is 13.7. The number of likely N-dealkylation sites (N-methyl/N-ethyl adjacent to an activating group) is 1. The molecule has 1 aromatic carbocycles. The van der Waals surface area contributed by atoms with Crippen LogP contribution in [0.15, 0.2) is 18.2 Å². The molecule has 0 saturated heterocycles. The highest BCUT2D eigenvalue weighted by molar-refractivity contribution is 6.30. The number of halogens is 1. The minimum absolute atomic E-state index is 0.0106. The van der Waals surface area contributed by atoms with Crippen LogP contribution >= 0.6 is 11.6 Å². The normalized spacial score (nSPS) is 10.3. The second kappa shape index (κ2) is 6.42. The van der Waals surface area contributed by atoms with Gasteiger partial charge in [0.1, 0.15) is 5.69 Å². The number of benzene rings is 1. The molecule has 0 amide bonds. The van der Waals surface area contributed by atoms with Crippen LogP contribution in [0.2, 0.25) is 5.02 Å². The Morgan fingerprint density at radius 3 is 2.82 bits per heavy atom. The number of hydrogen-bond donors (Lipinski definition) is 0. The van der Waals surface area contributed by atoms with E-state index in [1.165, 1.54) is 6.07 Å². The molecule has 17 heavy (non-hydrogen) atoms. The van der Waals surface area contributed by atoms with Crippen LogP contribution in [0.1, 0.15) is 6.92 Å². The zero-order valence-electron chi connectivity index (χ0n) is 9.85. The summed E-state index contributed by atoms with van der Waals surface area (Å²) in [5.41, 5.74) is 0.551. The number of nitro benzene ring substituents is 1. The lowest BCUT2D eigenvalue weighted by Crippen LogP contribution is -2.23. The van der Waals surface area contributed by atoms with E-state index in [0.717, 1.165) is 0 Å². The molecule has 0 heterocycles. The van der Waals surface area contributed by atoms with Gasteiger partial charge >= 0.3 is 0 Å². The molecular weight excluding hydrogens is 244 g/mol. The predicted molar refractivity (Wildman–Crippen MR) is 67.9 cm³/mol. The van der Waals surface area contributed by atoms with E-state index in [4.69, 9.17) is 16.3 Å². The standard InChI is InChI=1S/C11H15ClN2O3/c1-3-17-7-6-13(2)10-5-4-9(12)8-11(10)14(15)16/h4-5,8H,3,6-7H2,1-2H3. The summed E-state index contributed by atoms with van der Waals surface area (Å²) >= 11 is 5.74. The molecule has 1 rings (SSSR count). The van der Waals surface area contributed by atoms with Gasteiger partial charge in [-0.15, -0.1) is 0 Å². The van der Waals surface area contributed by atoms with E-state index in [9.17, 15) is 10.1 Å². The Balaban J connectivity index is 2.84. The summed E-state index contributed by atoms with van der Waals surface area (Å²) in [5, 5.41) is 11.3. The maximum Gasteiger partial charge on any atom is 0.294 e. The van der Waals surface area contributed by atoms with Crippen molar-refractivity contribution in [3.05, 3.63) is 33.3 Å². The van der Waals surface area contributed by atoms with Crippen molar-refractivity contribution in [2.45, 2.75) is 6.92 Å². The molecule has 0 unspecified atom stereocenters. The summed E-state index contributed by atoms with van der Waals surface area (Å²) in [6.07, 6.45) is 0. The molecule has 0 radical (unpaired) electrons. The van der Waals surface area contributed by atoms with Crippen LogP contribution < -0.4 is 4.90 Å². The van der Waals surface area contributed by atoms with Gasteiger partial charge in [0.15, 0.2) is 0 Å². The summed E-state index contributed by atoms with van der Waals surface area (Å²) in [6, 6.07) is 4.64. The second-order valence-corrected chi connectivity index (χ2v) is 3.95. The van der Waals surface area contributed by atoms with Crippen molar-refractivity contribution in [2.75, 3.05) is 31.7 Å². The Bertz CT molecular complexity index is 398. The fraction of sp³-hybridized carbons (Fsp3) is 0.455. The molecule has 0 bridgehead atoms. The van der Waals surface area contributed by atoms with Gasteiger partial charge in [0.25, 0.3) is 5.69 Å². The van der Waals surface area contributed by atoms with Crippen molar-refractivity contribution in [1.29, 1.82) is 0 Å². The van der Waals surface area contributed by atoms with Crippen molar-refractivity contribution in [1.82, 2.24) is 0 Å². The first-order valence-electron chi connectivity index (χ1n) is 5.29. The van der Waals surface area contributed by atoms with Gasteiger partial charge in [-0.25, -0.2) is 0 Å². The van der Waals surface area contributed by atoms with Gasteiger partial charge < -0.3 is 9.64 Å². The molecule has 1 aromatic rings. The molecule has 0 aliphatic rings. The first-order chi connectivity index (χ1) is 8.06. The number of ether oxygens (including phenoxy) is 1. The van der Waals surface area contributed by atoms with E-state index in [-0.39, 0.29) is 5.69 Å². The molecule has 5 nitrogen and oxygen atoms in total. The van der Waals surface area contributed by atoms with Crippen LogP contribution in [-0.2, 0) is 4.74 Å². The SMILES string of the molecule is CCOCCN(C)c1ccc(Cl)cc1[N+](=O)[O-]. The predicted octanol–water partition coefficient (Wildman–Crippen LogP) is 2.72. The number of nitrogens with zero attached hydrogens (tertiary/aromatic N) is 2. The Labute approximate surface area is 105 Å². The molecule has 0 N–H and O–H groups in total. The third-order valence-electron chi connectivity index (χ3n) is 2.32. The number of hydrogen-bond acceptors (Lipinski definition) is 4. The van der Waals surface area contributed by atoms with Crippen LogP contribution in [-0.4, -0.2) is 31.7 Å². The largest absolute Gasteiger partial charge is 0.380 e. The molecule has 0 aliphatic carbocycles. The average Bonchev–Trinajstić information content (AvgIpc) is 2.29. The molecule has 0 fully saturated rings. The lowest BCUT2D eigenvalue weighted by atomic mass is 10.2. The third-order valence-corrected chi connectivity index (χ3v) is 2.56. The number of nitro groups is 1. The summed E-state index contributed by atoms with van der Waals surface area (Å²) in [5.74, 6) is 0. The van der Waals surface area contributed by atoms with E-state index in [1.807, 2.05) is 6.92 Å². The smallest absolute Gasteiger partial charge is 0.294 e. The summed E-state index contributed by atoms with van der Waals surface area (Å²) < 4.78 is 5.21. The highest BCUT2D eigenvalue weighted by Gasteiger charge is 2.17. The van der Waals surface area contributed by atoms with Gasteiger partial charge in [0.2, 0.25) is 0 Å². The molecule has 0 spiro atoms. The van der Waals surface area contributed by atoms with Crippen LogP contribution in [0, 0.1) is 10.1 Å². The molecule has 94 valence electrons. The first-order valence-corrected chi connectivity index (χ1v) is 5.67. The maximum absolute atomic E-state index is 10.9. The fourth-order valence-corrected chi connectivity index (χ4v) is 1.60. The Morgan fingerprint density at radius 1 is 1.53 bits per heavy atom. The number of anilines is 1. The van der Waals surface area contributed by atoms with Gasteiger partial charge in [-0.3, -0.25) is 10.1 Å². The highest BCUT2D eigenvalue weighted by Crippen LogP contribution is 2.30. The minimum atomic E-state index is -0.432. The quantitative estimate of drug-likeness (QED) is 0.447. The third kappa shape index (κ3) is 3.87. The van der Waals surface area contributed by atoms with E-state index in [2.05, 4.69) is 0 Å². The number of rotatable bonds is 6. The van der Waals surface area contributed by atoms with E-state index >= 15 is 0 Å². The van der Waals surface area contributed by atoms with Crippen molar-refractivity contribution in [2.24, 2.45) is 0 Å². The highest BCUT2D eigenvalue weighted by atomic mass is 35.5. The lowest BCUT2D eigenvalue weighted by molar-refractivity contribution is -0.384. The molecule has 0 aliphatic heterocycles. The zero-order chi connectivity index (χ0) is 12.8. The van der Waals surface area contributed by atoms with Crippen molar-refractivity contribution >= 4 is 23.0 Å². The second-order valence-electron chi connectivity index (χ2n) is 3.51. The van der Waals surface area contributed by atoms with Gasteiger partial charge in [0.05, 0.1) is 11.5 Å². The van der Waals surface area contributed by atoms with E-state index < -0.39 is 4.92 Å². The molecule has 0 atom stereocenters. The Hall–Kier alpha value is -1.33. The van der Waals surface area contributed by atoms with Gasteiger partial charge in [-0.2, -0.15) is 0 Å². The van der Waals surface area contributed by atoms with Crippen LogP contribution in [0.3, 0.4) is 0 Å². The topological polar surface area (TPSA) is 55.6 Å². The lowest BCUT2D eigenvalue weighted by Gasteiger charge is -2.18. The van der Waals surface area contributed by atoms with Crippen molar-refractivity contribution in [3.8, 4) is 0 Å². The van der Waals surface area contributed by atoms with E-state index in [0.29, 0.717) is 30.5 Å². The van der Waals surface area contributed by atoms with Crippen molar-refractivity contribution in [3.63, 3.8) is 0 Å². The summed E-state index contributed by atoms with van der Waals surface area (Å²) in [6.45, 7) is 3.67. The molecule has 6 heteroatoms. The average molecular weight is 259 g/mol. The molecular formula is C11H15ClN2O3. The maximum atomic E-state index is 10.9. The summed E-state index contributed by atoms with van der Waals surface area (Å²) in [7, 11) is 1.79. The molecule has 0 saturated carbocycles.